The van der Waals surface area contributed by atoms with Crippen LogP contribution in [0.2, 0.25) is 12.4 Å². The summed E-state index contributed by atoms with van der Waals surface area (Å²) in [5.74, 6) is 0. The molecule has 0 aromatic rings. The van der Waals surface area contributed by atoms with E-state index in [1.807, 2.05) is 0 Å². The topological polar surface area (TPSA) is 18.5 Å². The molecule has 0 amide bonds. The molecule has 60 valence electrons. The van der Waals surface area contributed by atoms with Crippen LogP contribution < -0.4 is 0 Å². The molecular weight excluding hydrogens is 143 g/mol. The summed E-state index contributed by atoms with van der Waals surface area (Å²) in [6.45, 7) is 0. The monoisotopic (exact) mass is 160 g/mol. The van der Waals surface area contributed by atoms with Gasteiger partial charge in [0, 0.05) is 14.2 Å². The fourth-order valence-corrected chi connectivity index (χ4v) is 2.18. The van der Waals surface area contributed by atoms with Crippen molar-refractivity contribution in [1.82, 2.24) is 0 Å². The fraction of sp³-hybridized carbons (Fsp3) is 1.00. The van der Waals surface area contributed by atoms with Crippen LogP contribution in [0.15, 0.2) is 0 Å². The van der Waals surface area contributed by atoms with Crippen molar-refractivity contribution in [3.8, 4) is 0 Å². The van der Waals surface area contributed by atoms with Crippen molar-refractivity contribution in [3.05, 3.63) is 0 Å². The van der Waals surface area contributed by atoms with Crippen molar-refractivity contribution in [1.29, 1.82) is 0 Å². The molecule has 0 bridgehead atoms. The summed E-state index contributed by atoms with van der Waals surface area (Å²) in [5.41, 5.74) is 0. The van der Waals surface area contributed by atoms with Gasteiger partial charge in [0.05, 0.1) is 0 Å². The predicted molar refractivity (Wildman–Crippen MR) is 48.6 cm³/mol. The minimum absolute atomic E-state index is 1.15. The van der Waals surface area contributed by atoms with E-state index in [-0.39, 0.29) is 0 Å². The highest BCUT2D eigenvalue weighted by atomic mass is 28.3. The highest BCUT2D eigenvalue weighted by molar-refractivity contribution is 6.44. The fourth-order valence-electron chi connectivity index (χ4n) is 0.893. The third-order valence-electron chi connectivity index (χ3n) is 1.57. The number of hydrogen-bond acceptors (Lipinski definition) is 2. The zero-order valence-electron chi connectivity index (χ0n) is 7.22. The lowest BCUT2D eigenvalue weighted by atomic mass is 10.0. The Bertz CT molecular complexity index is 68.8. The zero-order valence-corrected chi connectivity index (χ0v) is 8.38. The summed E-state index contributed by atoms with van der Waals surface area (Å²) in [7, 11) is 4.47. The molecule has 0 spiro atoms. The average molecular weight is 160 g/mol. The standard InChI is InChI=1S/C6H17BO2Si/c1-8-10(9-2)6-4-3-5-7/h10H,3-7H2,1-2H3. The van der Waals surface area contributed by atoms with Gasteiger partial charge in [-0.15, -0.1) is 0 Å². The van der Waals surface area contributed by atoms with Crippen molar-refractivity contribution in [2.45, 2.75) is 25.2 Å². The van der Waals surface area contributed by atoms with Crippen LogP contribution in [0, 0.1) is 0 Å². The van der Waals surface area contributed by atoms with Gasteiger partial charge in [-0.1, -0.05) is 19.2 Å². The van der Waals surface area contributed by atoms with E-state index >= 15 is 0 Å². The SMILES string of the molecule is BCCCC[SiH](OC)OC. The molecule has 0 N–H and O–H groups in total. The van der Waals surface area contributed by atoms with Crippen molar-refractivity contribution >= 4 is 17.1 Å². The van der Waals surface area contributed by atoms with Gasteiger partial charge in [0.1, 0.15) is 7.85 Å². The molecule has 0 aromatic carbocycles. The van der Waals surface area contributed by atoms with Crippen LogP contribution in [0.3, 0.4) is 0 Å². The van der Waals surface area contributed by atoms with Crippen LogP contribution in [-0.2, 0) is 8.85 Å². The lowest BCUT2D eigenvalue weighted by molar-refractivity contribution is 0.276. The van der Waals surface area contributed by atoms with E-state index in [1.54, 1.807) is 14.2 Å². The van der Waals surface area contributed by atoms with Crippen LogP contribution in [0.5, 0.6) is 0 Å². The smallest absolute Gasteiger partial charge is 0.320 e. The van der Waals surface area contributed by atoms with Crippen LogP contribution >= 0.6 is 0 Å². The van der Waals surface area contributed by atoms with Gasteiger partial charge >= 0.3 is 9.28 Å². The Balaban J connectivity index is 3.09. The first-order valence-corrected chi connectivity index (χ1v) is 5.66. The van der Waals surface area contributed by atoms with Crippen LogP contribution in [-0.4, -0.2) is 31.3 Å². The van der Waals surface area contributed by atoms with Gasteiger partial charge in [-0.3, -0.25) is 0 Å². The first-order chi connectivity index (χ1) is 4.85. The molecule has 0 aliphatic heterocycles. The van der Waals surface area contributed by atoms with Gasteiger partial charge < -0.3 is 8.85 Å². The Morgan fingerprint density at radius 3 is 2.20 bits per heavy atom. The van der Waals surface area contributed by atoms with E-state index in [4.69, 9.17) is 8.85 Å². The lowest BCUT2D eigenvalue weighted by Crippen LogP contribution is -2.18. The Labute approximate surface area is 66.2 Å². The van der Waals surface area contributed by atoms with Crippen molar-refractivity contribution < 1.29 is 8.85 Å². The molecule has 0 heterocycles. The van der Waals surface area contributed by atoms with Gasteiger partial charge in [0.2, 0.25) is 0 Å². The molecule has 0 aliphatic rings. The summed E-state index contributed by atoms with van der Waals surface area (Å²) in [4.78, 5) is 0. The molecule has 0 saturated carbocycles. The van der Waals surface area contributed by atoms with Gasteiger partial charge in [-0.05, 0) is 6.04 Å². The van der Waals surface area contributed by atoms with Crippen LogP contribution in [0.4, 0.5) is 0 Å². The van der Waals surface area contributed by atoms with E-state index < -0.39 is 9.28 Å². The molecule has 2 nitrogen and oxygen atoms in total. The molecule has 0 unspecified atom stereocenters. The summed E-state index contributed by atoms with van der Waals surface area (Å²) in [6, 6.07) is 1.15. The second kappa shape index (κ2) is 7.31. The molecular formula is C6H17BO2Si. The van der Waals surface area contributed by atoms with Crippen LogP contribution in [0.1, 0.15) is 12.8 Å². The lowest BCUT2D eigenvalue weighted by Gasteiger charge is -2.09. The van der Waals surface area contributed by atoms with Crippen molar-refractivity contribution in [2.75, 3.05) is 14.2 Å². The first kappa shape index (κ1) is 10.2. The minimum Gasteiger partial charge on any atom is -0.400 e. The molecule has 0 radical (unpaired) electrons. The first-order valence-electron chi connectivity index (χ1n) is 3.90. The Kier molecular flexibility index (Phi) is 7.46. The van der Waals surface area contributed by atoms with Gasteiger partial charge in [0.25, 0.3) is 0 Å². The molecule has 0 fully saturated rings. The summed E-state index contributed by atoms with van der Waals surface area (Å²) >= 11 is 0. The maximum Gasteiger partial charge on any atom is 0.320 e. The quantitative estimate of drug-likeness (QED) is 0.412. The average Bonchev–Trinajstić information content (AvgIpc) is 1.99. The van der Waals surface area contributed by atoms with E-state index in [9.17, 15) is 0 Å². The minimum atomic E-state index is -1.22. The van der Waals surface area contributed by atoms with E-state index in [1.165, 1.54) is 19.2 Å². The van der Waals surface area contributed by atoms with E-state index in [0.717, 1.165) is 6.04 Å². The molecule has 0 rings (SSSR count). The highest BCUT2D eigenvalue weighted by Gasteiger charge is 2.06. The van der Waals surface area contributed by atoms with E-state index in [0.29, 0.717) is 0 Å². The second-order valence-electron chi connectivity index (χ2n) is 2.40. The predicted octanol–water partition coefficient (Wildman–Crippen LogP) is 0.331. The third kappa shape index (κ3) is 5.02. The largest absolute Gasteiger partial charge is 0.400 e. The third-order valence-corrected chi connectivity index (χ3v) is 3.50. The summed E-state index contributed by atoms with van der Waals surface area (Å²) < 4.78 is 10.3. The van der Waals surface area contributed by atoms with Crippen molar-refractivity contribution in [2.24, 2.45) is 0 Å². The molecule has 4 heteroatoms. The molecule has 0 aromatic heterocycles. The summed E-state index contributed by atoms with van der Waals surface area (Å²) in [6.07, 6.45) is 3.83. The van der Waals surface area contributed by atoms with E-state index in [2.05, 4.69) is 7.85 Å². The molecule has 0 atom stereocenters. The second-order valence-corrected chi connectivity index (χ2v) is 4.78. The Morgan fingerprint density at radius 2 is 1.80 bits per heavy atom. The maximum atomic E-state index is 5.16. The maximum absolute atomic E-state index is 5.16. The highest BCUT2D eigenvalue weighted by Crippen LogP contribution is 2.03. The number of hydrogen-bond donors (Lipinski definition) is 0. The Morgan fingerprint density at radius 1 is 1.20 bits per heavy atom. The molecule has 0 aliphatic carbocycles. The van der Waals surface area contributed by atoms with Gasteiger partial charge in [0.15, 0.2) is 0 Å². The Hall–Kier alpha value is 0.202. The van der Waals surface area contributed by atoms with Gasteiger partial charge in [-0.2, -0.15) is 0 Å². The number of rotatable bonds is 6. The normalized spacial score (nSPS) is 10.7. The molecule has 0 saturated heterocycles. The van der Waals surface area contributed by atoms with Gasteiger partial charge in [-0.25, -0.2) is 0 Å². The number of unbranched alkanes of at least 4 members (excludes halogenated alkanes) is 1. The zero-order chi connectivity index (χ0) is 7.82. The molecule has 10 heavy (non-hydrogen) atoms. The van der Waals surface area contributed by atoms with Crippen molar-refractivity contribution in [3.63, 3.8) is 0 Å². The van der Waals surface area contributed by atoms with Crippen LogP contribution in [0.25, 0.3) is 0 Å². The summed E-state index contributed by atoms with van der Waals surface area (Å²) in [5, 5.41) is 0.